The van der Waals surface area contributed by atoms with E-state index in [0.717, 1.165) is 59.5 Å². The van der Waals surface area contributed by atoms with Gasteiger partial charge < -0.3 is 47.0 Å². The van der Waals surface area contributed by atoms with Crippen LogP contribution in [0.4, 0.5) is 0 Å². The van der Waals surface area contributed by atoms with Gasteiger partial charge in [-0.05, 0) is 114 Å². The van der Waals surface area contributed by atoms with E-state index in [2.05, 4.69) is 15.5 Å². The van der Waals surface area contributed by atoms with Crippen LogP contribution < -0.4 is 17.2 Å². The average Bonchev–Trinajstić information content (AvgIpc) is 3.20. The number of carboxylic acid groups (broad SMARTS) is 3. The third-order valence-electron chi connectivity index (χ3n) is 8.20. The molecule has 0 heterocycles. The van der Waals surface area contributed by atoms with Crippen molar-refractivity contribution in [2.24, 2.45) is 32.7 Å². The maximum absolute atomic E-state index is 11.9. The first-order chi connectivity index (χ1) is 28.9. The normalized spacial score (nSPS) is 11.7. The quantitative estimate of drug-likeness (QED) is 0.0278. The number of hydrogen-bond donors (Lipinski definition) is 6. The van der Waals surface area contributed by atoms with Gasteiger partial charge in [-0.3, -0.25) is 19.2 Å². The lowest BCUT2D eigenvalue weighted by molar-refractivity contribution is -0.139. The number of nitrogens with two attached hydrogens (primary N) is 3. The van der Waals surface area contributed by atoms with Gasteiger partial charge in [0.05, 0.1) is 17.1 Å². The fourth-order valence-corrected chi connectivity index (χ4v) is 5.02. The van der Waals surface area contributed by atoms with E-state index in [4.69, 9.17) is 47.0 Å². The molecule has 0 saturated carbocycles. The van der Waals surface area contributed by atoms with Crippen LogP contribution in [0.5, 0.6) is 0 Å². The molecular formula is C45H64N6O10. The first kappa shape index (κ1) is 53.0. The van der Waals surface area contributed by atoms with Gasteiger partial charge in [-0.25, -0.2) is 0 Å². The Morgan fingerprint density at radius 2 is 0.754 bits per heavy atom. The van der Waals surface area contributed by atoms with E-state index in [-0.39, 0.29) is 25.2 Å². The van der Waals surface area contributed by atoms with Crippen LogP contribution in [0.1, 0.15) is 99.0 Å². The number of carbonyl (C=O) groups is 4. The van der Waals surface area contributed by atoms with Crippen molar-refractivity contribution >= 4 is 40.8 Å². The van der Waals surface area contributed by atoms with Gasteiger partial charge >= 0.3 is 17.9 Å². The van der Waals surface area contributed by atoms with E-state index in [0.29, 0.717) is 31.6 Å². The first-order valence-corrected chi connectivity index (χ1v) is 20.0. The lowest BCUT2D eigenvalue weighted by Crippen LogP contribution is -2.32. The molecule has 3 aromatic rings. The number of hydrogen-bond acceptors (Lipinski definition) is 13. The molecule has 0 aliphatic rings. The van der Waals surface area contributed by atoms with Crippen LogP contribution in [0.25, 0.3) is 0 Å². The number of aryl methyl sites for hydroxylation is 2. The summed E-state index contributed by atoms with van der Waals surface area (Å²) in [5, 5.41) is 37.7. The van der Waals surface area contributed by atoms with Crippen molar-refractivity contribution in [3.8, 4) is 0 Å². The summed E-state index contributed by atoms with van der Waals surface area (Å²) in [5.74, 6) is -3.04. The molecule has 3 rings (SSSR count). The summed E-state index contributed by atoms with van der Waals surface area (Å²) in [6.07, 6.45) is 4.78. The van der Waals surface area contributed by atoms with Gasteiger partial charge in [-0.15, -0.1) is 0 Å². The summed E-state index contributed by atoms with van der Waals surface area (Å²) in [6.45, 7) is 12.6. The Labute approximate surface area is 358 Å². The molecular weight excluding hydrogens is 785 g/mol. The fourth-order valence-electron chi connectivity index (χ4n) is 5.02. The molecule has 0 fully saturated rings. The highest BCUT2D eigenvalue weighted by atomic mass is 16.6. The standard InChI is InChI=1S/C15H20N2O4.2C15H22N2O3/c1-10(2)17-21-8-7-14(18)12-5-3-11(4-6-12)9-13(16)15(19)20;2*1-11(2)17-20-9-3-4-12-5-7-13(8-6-12)10-14(16)15(18)19/h3-6,13H,7-9,16H2,1-2H3,(H,19,20);2*5-8,14H,3-4,9-10,16H2,1-2H3,(H,18,19). The predicted octanol–water partition coefficient (Wildman–Crippen LogP) is 5.60. The fraction of sp³-hybridized carbons (Fsp3) is 0.444. The summed E-state index contributed by atoms with van der Waals surface area (Å²) in [7, 11) is 0. The number of Topliss-reactive ketones (excluding diaryl/α,β-unsaturated/α-hetero) is 1. The van der Waals surface area contributed by atoms with E-state index < -0.39 is 36.0 Å². The van der Waals surface area contributed by atoms with Crippen LogP contribution in [0.3, 0.4) is 0 Å². The van der Waals surface area contributed by atoms with Crippen molar-refractivity contribution < 1.29 is 49.0 Å². The predicted molar refractivity (Wildman–Crippen MR) is 237 cm³/mol. The van der Waals surface area contributed by atoms with Crippen molar-refractivity contribution in [2.45, 2.75) is 111 Å². The number of oxime groups is 3. The number of carboxylic acids is 3. The monoisotopic (exact) mass is 848 g/mol. The number of rotatable bonds is 24. The van der Waals surface area contributed by atoms with Gasteiger partial charge in [0.15, 0.2) is 5.78 Å². The molecule has 334 valence electrons. The topological polar surface area (TPSA) is 272 Å². The second kappa shape index (κ2) is 30.1. The van der Waals surface area contributed by atoms with E-state index in [9.17, 15) is 19.2 Å². The first-order valence-electron chi connectivity index (χ1n) is 20.0. The van der Waals surface area contributed by atoms with Crippen molar-refractivity contribution in [3.05, 3.63) is 106 Å². The zero-order valence-corrected chi connectivity index (χ0v) is 36.2. The van der Waals surface area contributed by atoms with Gasteiger partial charge in [0, 0.05) is 12.0 Å². The molecule has 0 aromatic heterocycles. The van der Waals surface area contributed by atoms with E-state index >= 15 is 0 Å². The third kappa shape index (κ3) is 26.0. The van der Waals surface area contributed by atoms with Crippen LogP contribution in [0, 0.1) is 0 Å². The summed E-state index contributed by atoms with van der Waals surface area (Å²) < 4.78 is 0. The molecule has 0 spiro atoms. The minimum Gasteiger partial charge on any atom is -0.480 e. The number of aliphatic carboxylic acids is 3. The molecule has 16 nitrogen and oxygen atoms in total. The Balaban J connectivity index is 0.000000458. The molecule has 0 saturated heterocycles. The minimum absolute atomic E-state index is 0.0481. The molecule has 0 aliphatic carbocycles. The Hall–Kier alpha value is -5.97. The van der Waals surface area contributed by atoms with Crippen molar-refractivity contribution in [2.75, 3.05) is 19.8 Å². The average molecular weight is 849 g/mol. The summed E-state index contributed by atoms with van der Waals surface area (Å²) in [5.41, 5.74) is 24.7. The molecule has 0 radical (unpaired) electrons. The molecule has 61 heavy (non-hydrogen) atoms. The maximum Gasteiger partial charge on any atom is 0.320 e. The smallest absolute Gasteiger partial charge is 0.320 e. The minimum atomic E-state index is -1.04. The zero-order valence-electron chi connectivity index (χ0n) is 36.2. The van der Waals surface area contributed by atoms with Crippen LogP contribution in [0.2, 0.25) is 0 Å². The third-order valence-corrected chi connectivity index (χ3v) is 8.20. The number of benzene rings is 3. The molecule has 0 bridgehead atoms. The SMILES string of the molecule is CC(C)=NOCCC(=O)c1ccc(CC(N)C(=O)O)cc1.CC(C)=NOCCCc1ccc(CC(N)C(=O)O)cc1.CC(C)=NOCCCc1ccc(CC(N)C(=O)O)cc1. The summed E-state index contributed by atoms with van der Waals surface area (Å²) in [6, 6.07) is 19.8. The molecule has 16 heteroatoms. The Morgan fingerprint density at radius 3 is 1.05 bits per heavy atom. The van der Waals surface area contributed by atoms with Gasteiger partial charge in [-0.1, -0.05) is 88.3 Å². The van der Waals surface area contributed by atoms with Crippen molar-refractivity contribution in [1.29, 1.82) is 0 Å². The van der Waals surface area contributed by atoms with Gasteiger partial charge in [0.2, 0.25) is 0 Å². The number of ketones is 1. The largest absolute Gasteiger partial charge is 0.480 e. The maximum atomic E-state index is 11.9. The van der Waals surface area contributed by atoms with Gasteiger partial charge in [0.1, 0.15) is 37.9 Å². The zero-order chi connectivity index (χ0) is 45.7. The van der Waals surface area contributed by atoms with Crippen molar-refractivity contribution in [3.63, 3.8) is 0 Å². The highest BCUT2D eigenvalue weighted by Gasteiger charge is 2.14. The van der Waals surface area contributed by atoms with E-state index in [1.807, 2.05) is 90.1 Å². The van der Waals surface area contributed by atoms with Crippen LogP contribution in [-0.4, -0.2) is 94.1 Å². The second-order valence-electron chi connectivity index (χ2n) is 14.8. The summed E-state index contributed by atoms with van der Waals surface area (Å²) in [4.78, 5) is 59.1. The Morgan fingerprint density at radius 1 is 0.475 bits per heavy atom. The molecule has 3 aromatic carbocycles. The molecule has 3 unspecified atom stereocenters. The van der Waals surface area contributed by atoms with Crippen LogP contribution >= 0.6 is 0 Å². The second-order valence-corrected chi connectivity index (χ2v) is 14.8. The van der Waals surface area contributed by atoms with E-state index in [1.54, 1.807) is 24.3 Å². The molecule has 3 atom stereocenters. The Bertz CT molecular complexity index is 1760. The molecule has 9 N–H and O–H groups in total. The van der Waals surface area contributed by atoms with Crippen molar-refractivity contribution in [1.82, 2.24) is 0 Å². The molecule has 0 amide bonds. The van der Waals surface area contributed by atoms with Crippen LogP contribution in [0.15, 0.2) is 88.3 Å². The van der Waals surface area contributed by atoms with E-state index in [1.165, 1.54) is 11.1 Å². The Kier molecular flexibility index (Phi) is 26.2. The summed E-state index contributed by atoms with van der Waals surface area (Å²) >= 11 is 0. The number of nitrogens with zero attached hydrogens (tertiary/aromatic N) is 3. The molecule has 0 aliphatic heterocycles. The van der Waals surface area contributed by atoms with Gasteiger partial charge in [-0.2, -0.15) is 0 Å². The lowest BCUT2D eigenvalue weighted by Gasteiger charge is -2.07. The highest BCUT2D eigenvalue weighted by Crippen LogP contribution is 2.11. The highest BCUT2D eigenvalue weighted by molar-refractivity contribution is 5.96. The number of carbonyl (C=O) groups excluding carboxylic acids is 1. The van der Waals surface area contributed by atoms with Gasteiger partial charge in [0.25, 0.3) is 0 Å². The van der Waals surface area contributed by atoms with Crippen LogP contribution in [-0.2, 0) is 61.0 Å². The lowest BCUT2D eigenvalue weighted by atomic mass is 10.0.